The number of amides is 1. The molecule has 0 saturated carbocycles. The SMILES string of the molecule is CCC(C)(NC(=O)Cc1csc(COc2ccc(Cl)cc2)n1)C(=O)O. The van der Waals surface area contributed by atoms with Gasteiger partial charge in [-0.3, -0.25) is 4.79 Å². The number of ether oxygens (including phenoxy) is 1. The topological polar surface area (TPSA) is 88.5 Å². The first-order valence-corrected chi connectivity index (χ1v) is 8.94. The van der Waals surface area contributed by atoms with Gasteiger partial charge in [-0.15, -0.1) is 11.3 Å². The van der Waals surface area contributed by atoms with Crippen molar-refractivity contribution in [2.24, 2.45) is 0 Å². The van der Waals surface area contributed by atoms with Crippen LogP contribution in [0.3, 0.4) is 0 Å². The van der Waals surface area contributed by atoms with Crippen LogP contribution < -0.4 is 10.1 Å². The number of carboxylic acid groups (broad SMARTS) is 1. The maximum absolute atomic E-state index is 12.1. The molecule has 1 atom stereocenters. The molecule has 1 unspecified atom stereocenters. The third-order valence-corrected chi connectivity index (χ3v) is 4.83. The smallest absolute Gasteiger partial charge is 0.329 e. The maximum atomic E-state index is 12.1. The second-order valence-electron chi connectivity index (χ2n) is 5.69. The average Bonchev–Trinajstić information content (AvgIpc) is 3.01. The Hall–Kier alpha value is -2.12. The monoisotopic (exact) mass is 382 g/mol. The van der Waals surface area contributed by atoms with Gasteiger partial charge >= 0.3 is 5.97 Å². The highest BCUT2D eigenvalue weighted by atomic mass is 35.5. The lowest BCUT2D eigenvalue weighted by Gasteiger charge is -2.24. The minimum Gasteiger partial charge on any atom is -0.486 e. The minimum atomic E-state index is -1.27. The van der Waals surface area contributed by atoms with Gasteiger partial charge in [0.25, 0.3) is 0 Å². The molecule has 0 aliphatic heterocycles. The van der Waals surface area contributed by atoms with Crippen LogP contribution in [0.1, 0.15) is 31.0 Å². The van der Waals surface area contributed by atoms with Crippen molar-refractivity contribution in [3.05, 3.63) is 45.4 Å². The summed E-state index contributed by atoms with van der Waals surface area (Å²) in [5, 5.41) is 14.9. The lowest BCUT2D eigenvalue weighted by molar-refractivity contribution is -0.146. The molecular weight excluding hydrogens is 364 g/mol. The van der Waals surface area contributed by atoms with Crippen molar-refractivity contribution in [1.29, 1.82) is 0 Å². The summed E-state index contributed by atoms with van der Waals surface area (Å²) in [6.45, 7) is 3.48. The van der Waals surface area contributed by atoms with E-state index in [1.807, 2.05) is 0 Å². The summed E-state index contributed by atoms with van der Waals surface area (Å²) in [4.78, 5) is 27.6. The summed E-state index contributed by atoms with van der Waals surface area (Å²) in [5.41, 5.74) is -0.686. The summed E-state index contributed by atoms with van der Waals surface area (Å²) in [7, 11) is 0. The number of hydrogen-bond donors (Lipinski definition) is 2. The zero-order valence-electron chi connectivity index (χ0n) is 13.9. The van der Waals surface area contributed by atoms with E-state index in [1.54, 1.807) is 36.6 Å². The lowest BCUT2D eigenvalue weighted by atomic mass is 9.99. The van der Waals surface area contributed by atoms with Gasteiger partial charge in [0, 0.05) is 10.4 Å². The lowest BCUT2D eigenvalue weighted by Crippen LogP contribution is -2.52. The van der Waals surface area contributed by atoms with E-state index in [4.69, 9.17) is 16.3 Å². The van der Waals surface area contributed by atoms with E-state index in [1.165, 1.54) is 18.3 Å². The number of hydrogen-bond acceptors (Lipinski definition) is 5. The molecule has 2 rings (SSSR count). The Balaban J connectivity index is 1.89. The van der Waals surface area contributed by atoms with Gasteiger partial charge in [-0.1, -0.05) is 18.5 Å². The maximum Gasteiger partial charge on any atom is 0.329 e. The minimum absolute atomic E-state index is 0.0281. The van der Waals surface area contributed by atoms with Crippen LogP contribution in [0, 0.1) is 0 Å². The molecule has 134 valence electrons. The molecule has 0 bridgehead atoms. The van der Waals surface area contributed by atoms with Gasteiger partial charge < -0.3 is 15.2 Å². The van der Waals surface area contributed by atoms with E-state index >= 15 is 0 Å². The quantitative estimate of drug-likeness (QED) is 0.731. The molecule has 0 saturated heterocycles. The molecule has 1 aromatic heterocycles. The number of aromatic nitrogens is 1. The van der Waals surface area contributed by atoms with E-state index in [2.05, 4.69) is 10.3 Å². The molecule has 1 amide bonds. The third kappa shape index (κ3) is 5.44. The fraction of sp³-hybridized carbons (Fsp3) is 0.353. The number of nitrogens with one attached hydrogen (secondary N) is 1. The first kappa shape index (κ1) is 19.2. The van der Waals surface area contributed by atoms with Crippen LogP contribution in [0.4, 0.5) is 0 Å². The number of halogens is 1. The second-order valence-corrected chi connectivity index (χ2v) is 7.07. The molecule has 1 aromatic carbocycles. The fourth-order valence-electron chi connectivity index (χ4n) is 1.98. The number of nitrogens with zero attached hydrogens (tertiary/aromatic N) is 1. The number of rotatable bonds is 8. The molecule has 8 heteroatoms. The molecular formula is C17H19ClN2O4S. The standard InChI is InChI=1S/C17H19ClN2O4S/c1-3-17(2,16(22)23)20-14(21)8-12-10-25-15(19-12)9-24-13-6-4-11(18)5-7-13/h4-7,10H,3,8-9H2,1-2H3,(H,20,21)(H,22,23). The normalized spacial score (nSPS) is 13.1. The predicted molar refractivity (Wildman–Crippen MR) is 96.1 cm³/mol. The molecule has 1 heterocycles. The predicted octanol–water partition coefficient (Wildman–Crippen LogP) is 3.29. The van der Waals surface area contributed by atoms with Gasteiger partial charge in [0.2, 0.25) is 5.91 Å². The molecule has 0 radical (unpaired) electrons. The Kier molecular flexibility index (Phi) is 6.39. The van der Waals surface area contributed by atoms with E-state index < -0.39 is 11.5 Å². The number of carbonyl (C=O) groups is 2. The van der Waals surface area contributed by atoms with E-state index in [9.17, 15) is 14.7 Å². The Labute approximate surface area is 154 Å². The molecule has 0 fully saturated rings. The van der Waals surface area contributed by atoms with Crippen LogP contribution in [-0.4, -0.2) is 27.5 Å². The Bertz CT molecular complexity index is 747. The van der Waals surface area contributed by atoms with Gasteiger partial charge in [-0.2, -0.15) is 0 Å². The van der Waals surface area contributed by atoms with Crippen LogP contribution in [-0.2, 0) is 22.6 Å². The second kappa shape index (κ2) is 8.31. The van der Waals surface area contributed by atoms with Crippen molar-refractivity contribution in [2.75, 3.05) is 0 Å². The Morgan fingerprint density at radius 2 is 2.04 bits per heavy atom. The van der Waals surface area contributed by atoms with Crippen molar-refractivity contribution >= 4 is 34.8 Å². The highest BCUT2D eigenvalue weighted by molar-refractivity contribution is 7.09. The molecule has 0 aliphatic rings. The van der Waals surface area contributed by atoms with Gasteiger partial charge in [-0.05, 0) is 37.6 Å². The molecule has 6 nitrogen and oxygen atoms in total. The summed E-state index contributed by atoms with van der Waals surface area (Å²) in [6, 6.07) is 7.01. The highest BCUT2D eigenvalue weighted by Gasteiger charge is 2.32. The van der Waals surface area contributed by atoms with Gasteiger partial charge in [0.05, 0.1) is 12.1 Å². The molecule has 2 N–H and O–H groups in total. The van der Waals surface area contributed by atoms with Crippen LogP contribution in [0.25, 0.3) is 0 Å². The molecule has 0 aliphatic carbocycles. The summed E-state index contributed by atoms with van der Waals surface area (Å²) >= 11 is 7.20. The summed E-state index contributed by atoms with van der Waals surface area (Å²) in [5.74, 6) is -0.750. The van der Waals surface area contributed by atoms with Crippen molar-refractivity contribution in [2.45, 2.75) is 38.8 Å². The van der Waals surface area contributed by atoms with Crippen LogP contribution >= 0.6 is 22.9 Å². The number of benzene rings is 1. The zero-order valence-corrected chi connectivity index (χ0v) is 15.5. The van der Waals surface area contributed by atoms with E-state index in [0.29, 0.717) is 22.9 Å². The van der Waals surface area contributed by atoms with Crippen molar-refractivity contribution < 1.29 is 19.4 Å². The van der Waals surface area contributed by atoms with Crippen LogP contribution in [0.2, 0.25) is 5.02 Å². The third-order valence-electron chi connectivity index (χ3n) is 3.71. The largest absolute Gasteiger partial charge is 0.486 e. The van der Waals surface area contributed by atoms with Crippen molar-refractivity contribution in [3.8, 4) is 5.75 Å². The van der Waals surface area contributed by atoms with Crippen molar-refractivity contribution in [1.82, 2.24) is 10.3 Å². The number of thiazole rings is 1. The average molecular weight is 383 g/mol. The van der Waals surface area contributed by atoms with Crippen LogP contribution in [0.15, 0.2) is 29.6 Å². The van der Waals surface area contributed by atoms with Crippen LogP contribution in [0.5, 0.6) is 5.75 Å². The first-order valence-electron chi connectivity index (χ1n) is 7.68. The Morgan fingerprint density at radius 1 is 1.36 bits per heavy atom. The van der Waals surface area contributed by atoms with Gasteiger partial charge in [0.15, 0.2) is 0 Å². The van der Waals surface area contributed by atoms with E-state index in [0.717, 1.165) is 5.01 Å². The first-order chi connectivity index (χ1) is 11.8. The van der Waals surface area contributed by atoms with Gasteiger partial charge in [-0.25, -0.2) is 9.78 Å². The summed E-state index contributed by atoms with van der Waals surface area (Å²) < 4.78 is 5.61. The number of carbonyl (C=O) groups excluding carboxylic acids is 1. The Morgan fingerprint density at radius 3 is 2.64 bits per heavy atom. The zero-order chi connectivity index (χ0) is 18.4. The van der Waals surface area contributed by atoms with E-state index in [-0.39, 0.29) is 18.9 Å². The molecule has 0 spiro atoms. The highest BCUT2D eigenvalue weighted by Crippen LogP contribution is 2.18. The number of aliphatic carboxylic acids is 1. The number of carboxylic acids is 1. The molecule has 25 heavy (non-hydrogen) atoms. The van der Waals surface area contributed by atoms with Crippen molar-refractivity contribution in [3.63, 3.8) is 0 Å². The summed E-state index contributed by atoms with van der Waals surface area (Å²) in [6.07, 6.45) is 0.325. The fourth-order valence-corrected chi connectivity index (χ4v) is 2.81. The van der Waals surface area contributed by atoms with Gasteiger partial charge in [0.1, 0.15) is 22.9 Å². The molecule has 2 aromatic rings.